The van der Waals surface area contributed by atoms with Crippen LogP contribution in [0.5, 0.6) is 11.5 Å². The van der Waals surface area contributed by atoms with E-state index in [9.17, 15) is 4.79 Å². The van der Waals surface area contributed by atoms with E-state index in [0.717, 1.165) is 39.6 Å². The van der Waals surface area contributed by atoms with Gasteiger partial charge >= 0.3 is 0 Å². The summed E-state index contributed by atoms with van der Waals surface area (Å²) >= 11 is 0. The molecule has 3 aromatic carbocycles. The Hall–Kier alpha value is -3.80. The number of aryl methyl sites for hydroxylation is 1. The smallest absolute Gasteiger partial charge is 0.227 e. The average Bonchev–Trinajstić information content (AvgIpc) is 3.42. The molecule has 5 rings (SSSR count). The predicted molar refractivity (Wildman–Crippen MR) is 134 cm³/mol. The highest BCUT2D eigenvalue weighted by atomic mass is 16.5. The number of fused-ring (bicyclic) bond motifs is 1. The summed E-state index contributed by atoms with van der Waals surface area (Å²) in [5.74, 6) is 2.78. The summed E-state index contributed by atoms with van der Waals surface area (Å²) in [6.07, 6.45) is 0.440. The number of nitrogens with zero attached hydrogens (tertiary/aromatic N) is 3. The number of rotatable bonds is 8. The minimum absolute atomic E-state index is 0.0185. The molecule has 174 valence electrons. The first kappa shape index (κ1) is 22.0. The maximum absolute atomic E-state index is 13.0. The lowest BCUT2D eigenvalue weighted by Crippen LogP contribution is -2.24. The molecule has 1 aliphatic heterocycles. The topological polar surface area (TPSA) is 56.6 Å². The Morgan fingerprint density at radius 2 is 1.74 bits per heavy atom. The summed E-state index contributed by atoms with van der Waals surface area (Å²) in [7, 11) is 0. The van der Waals surface area contributed by atoms with Gasteiger partial charge in [0.1, 0.15) is 23.9 Å². The largest absolute Gasteiger partial charge is 0.494 e. The number of imidazole rings is 1. The van der Waals surface area contributed by atoms with Gasteiger partial charge in [-0.15, -0.1) is 0 Å². The van der Waals surface area contributed by atoms with Gasteiger partial charge in [-0.25, -0.2) is 4.98 Å². The Balaban J connectivity index is 1.37. The highest BCUT2D eigenvalue weighted by Gasteiger charge is 2.34. The van der Waals surface area contributed by atoms with Crippen molar-refractivity contribution >= 4 is 22.6 Å². The van der Waals surface area contributed by atoms with Crippen LogP contribution in [0.3, 0.4) is 0 Å². The molecule has 1 fully saturated rings. The van der Waals surface area contributed by atoms with E-state index in [1.807, 2.05) is 85.5 Å². The maximum atomic E-state index is 13.0. The van der Waals surface area contributed by atoms with Gasteiger partial charge in [0.2, 0.25) is 5.91 Å². The molecule has 2 heterocycles. The van der Waals surface area contributed by atoms with Crippen molar-refractivity contribution in [3.8, 4) is 11.5 Å². The van der Waals surface area contributed by atoms with E-state index in [1.54, 1.807) is 0 Å². The normalized spacial score (nSPS) is 15.8. The van der Waals surface area contributed by atoms with Gasteiger partial charge in [-0.1, -0.05) is 30.3 Å². The summed E-state index contributed by atoms with van der Waals surface area (Å²) in [4.78, 5) is 19.8. The molecule has 0 aliphatic carbocycles. The van der Waals surface area contributed by atoms with E-state index in [-0.39, 0.29) is 11.8 Å². The number of carbonyl (C=O) groups is 1. The van der Waals surface area contributed by atoms with E-state index in [4.69, 9.17) is 14.5 Å². The van der Waals surface area contributed by atoms with Crippen molar-refractivity contribution in [2.45, 2.75) is 32.7 Å². The van der Waals surface area contributed by atoms with Crippen molar-refractivity contribution in [3.63, 3.8) is 0 Å². The van der Waals surface area contributed by atoms with E-state index >= 15 is 0 Å². The van der Waals surface area contributed by atoms with E-state index < -0.39 is 0 Å². The van der Waals surface area contributed by atoms with Crippen LogP contribution in [0, 0.1) is 6.92 Å². The molecule has 0 bridgehead atoms. The fourth-order valence-electron chi connectivity index (χ4n) is 4.63. The first-order valence-electron chi connectivity index (χ1n) is 11.8. The number of amides is 1. The van der Waals surface area contributed by atoms with Gasteiger partial charge in [-0.05, 0) is 61.9 Å². The van der Waals surface area contributed by atoms with Crippen LogP contribution in [-0.4, -0.2) is 35.2 Å². The SMILES string of the molecule is CCOc1ccc(N2C[C@H](c3nc4ccccc4n3CCOc3ccccc3C)CC2=O)cc1. The van der Waals surface area contributed by atoms with Crippen molar-refractivity contribution in [3.05, 3.63) is 84.2 Å². The molecule has 0 radical (unpaired) electrons. The van der Waals surface area contributed by atoms with Gasteiger partial charge < -0.3 is 18.9 Å². The minimum atomic E-state index is 0.0185. The van der Waals surface area contributed by atoms with Crippen LogP contribution < -0.4 is 14.4 Å². The summed E-state index contributed by atoms with van der Waals surface area (Å²) in [6, 6.07) is 23.9. The maximum Gasteiger partial charge on any atom is 0.227 e. The average molecular weight is 456 g/mol. The molecule has 0 unspecified atom stereocenters. The van der Waals surface area contributed by atoms with Crippen LogP contribution in [0.4, 0.5) is 5.69 Å². The summed E-state index contributed by atoms with van der Waals surface area (Å²) < 4.78 is 13.8. The van der Waals surface area contributed by atoms with Crippen LogP contribution >= 0.6 is 0 Å². The third-order valence-electron chi connectivity index (χ3n) is 6.30. The lowest BCUT2D eigenvalue weighted by molar-refractivity contribution is -0.117. The minimum Gasteiger partial charge on any atom is -0.494 e. The third-order valence-corrected chi connectivity index (χ3v) is 6.30. The molecule has 6 heteroatoms. The molecule has 1 atom stereocenters. The molecule has 1 amide bonds. The number of aromatic nitrogens is 2. The molecule has 1 saturated heterocycles. The number of hydrogen-bond donors (Lipinski definition) is 0. The van der Waals surface area contributed by atoms with Crippen LogP contribution in [0.15, 0.2) is 72.8 Å². The van der Waals surface area contributed by atoms with Crippen LogP contribution in [0.1, 0.15) is 30.7 Å². The Labute approximate surface area is 199 Å². The van der Waals surface area contributed by atoms with Gasteiger partial charge in [0.25, 0.3) is 0 Å². The van der Waals surface area contributed by atoms with Crippen molar-refractivity contribution in [2.24, 2.45) is 0 Å². The number of anilines is 1. The second-order valence-corrected chi connectivity index (χ2v) is 8.56. The summed E-state index contributed by atoms with van der Waals surface area (Å²) in [5, 5.41) is 0. The molecular formula is C28H29N3O3. The Kier molecular flexibility index (Phi) is 6.21. The molecule has 1 aliphatic rings. The molecule has 1 aromatic heterocycles. The van der Waals surface area contributed by atoms with Crippen molar-refractivity contribution in [1.29, 1.82) is 0 Å². The van der Waals surface area contributed by atoms with Crippen molar-refractivity contribution in [2.75, 3.05) is 24.7 Å². The zero-order valence-corrected chi connectivity index (χ0v) is 19.6. The number of hydrogen-bond acceptors (Lipinski definition) is 4. The van der Waals surface area contributed by atoms with Gasteiger partial charge in [-0.3, -0.25) is 4.79 Å². The number of carbonyl (C=O) groups excluding carboxylic acids is 1. The molecule has 6 nitrogen and oxygen atoms in total. The summed E-state index contributed by atoms with van der Waals surface area (Å²) in [6.45, 7) is 6.43. The van der Waals surface area contributed by atoms with Gasteiger partial charge in [-0.2, -0.15) is 0 Å². The Morgan fingerprint density at radius 3 is 2.53 bits per heavy atom. The quantitative estimate of drug-likeness (QED) is 0.360. The van der Waals surface area contributed by atoms with Crippen LogP contribution in [-0.2, 0) is 11.3 Å². The monoisotopic (exact) mass is 455 g/mol. The zero-order valence-electron chi connectivity index (χ0n) is 19.6. The first-order valence-corrected chi connectivity index (χ1v) is 11.8. The summed E-state index contributed by atoms with van der Waals surface area (Å²) in [5.41, 5.74) is 4.02. The van der Waals surface area contributed by atoms with Crippen LogP contribution in [0.2, 0.25) is 0 Å². The third kappa shape index (κ3) is 4.36. The molecule has 34 heavy (non-hydrogen) atoms. The molecule has 0 N–H and O–H groups in total. The van der Waals surface area contributed by atoms with E-state index in [1.165, 1.54) is 0 Å². The fraction of sp³-hybridized carbons (Fsp3) is 0.286. The van der Waals surface area contributed by atoms with Gasteiger partial charge in [0.05, 0.1) is 24.2 Å². The van der Waals surface area contributed by atoms with Gasteiger partial charge in [0, 0.05) is 24.6 Å². The fourth-order valence-corrected chi connectivity index (χ4v) is 4.63. The van der Waals surface area contributed by atoms with Gasteiger partial charge in [0.15, 0.2) is 0 Å². The molecule has 4 aromatic rings. The molecule has 0 spiro atoms. The number of para-hydroxylation sites is 3. The predicted octanol–water partition coefficient (Wildman–Crippen LogP) is 5.34. The van der Waals surface area contributed by atoms with E-state index in [0.29, 0.717) is 32.7 Å². The number of benzene rings is 3. The highest BCUT2D eigenvalue weighted by molar-refractivity contribution is 5.96. The molecule has 0 saturated carbocycles. The van der Waals surface area contributed by atoms with Crippen molar-refractivity contribution in [1.82, 2.24) is 9.55 Å². The first-order chi connectivity index (χ1) is 16.6. The second kappa shape index (κ2) is 9.59. The van der Waals surface area contributed by atoms with Crippen molar-refractivity contribution < 1.29 is 14.3 Å². The lowest BCUT2D eigenvalue weighted by Gasteiger charge is -2.18. The lowest BCUT2D eigenvalue weighted by atomic mass is 10.1. The zero-order chi connectivity index (χ0) is 23.5. The molecular weight excluding hydrogens is 426 g/mol. The Morgan fingerprint density at radius 1 is 0.971 bits per heavy atom. The highest BCUT2D eigenvalue weighted by Crippen LogP contribution is 2.34. The second-order valence-electron chi connectivity index (χ2n) is 8.56. The van der Waals surface area contributed by atoms with Crippen LogP contribution in [0.25, 0.3) is 11.0 Å². The number of ether oxygens (including phenoxy) is 2. The van der Waals surface area contributed by atoms with E-state index in [2.05, 4.69) is 10.6 Å². The Bertz CT molecular complexity index is 1300. The standard InChI is InChI=1S/C28H29N3O3/c1-3-33-23-14-12-22(13-15-23)31-19-21(18-27(31)32)28-29-24-9-5-6-10-25(24)30(28)16-17-34-26-11-7-4-8-20(26)2/h4-15,21H,3,16-19H2,1-2H3/t21-/m1/s1.